The Balaban J connectivity index is 2.51. The van der Waals surface area contributed by atoms with Gasteiger partial charge in [-0.3, -0.25) is 5.01 Å². The van der Waals surface area contributed by atoms with Gasteiger partial charge in [0, 0.05) is 14.1 Å². The molecule has 0 amide bonds. The largest absolute Gasteiger partial charge is 0.462 e. The van der Waals surface area contributed by atoms with Crippen molar-refractivity contribution >= 4 is 11.7 Å². The van der Waals surface area contributed by atoms with Crippen molar-refractivity contribution in [2.45, 2.75) is 39.5 Å². The van der Waals surface area contributed by atoms with Gasteiger partial charge in [0.05, 0.1) is 17.9 Å². The number of hydrogen-bond acceptors (Lipinski definition) is 4. The number of ether oxygens (including phenoxy) is 1. The Labute approximate surface area is 133 Å². The van der Waals surface area contributed by atoms with Crippen LogP contribution in [0.2, 0.25) is 0 Å². The van der Waals surface area contributed by atoms with Gasteiger partial charge < -0.3 is 4.74 Å². The Morgan fingerprint density at radius 1 is 1.23 bits per heavy atom. The van der Waals surface area contributed by atoms with Crippen LogP contribution in [0.3, 0.4) is 0 Å². The molecule has 0 aromatic heterocycles. The average Bonchev–Trinajstić information content (AvgIpc) is 2.53. The summed E-state index contributed by atoms with van der Waals surface area (Å²) in [4.78, 5) is 12.0. The van der Waals surface area contributed by atoms with E-state index in [0.29, 0.717) is 23.8 Å². The lowest BCUT2D eigenvalue weighted by Crippen LogP contribution is -2.14. The fraction of sp³-hybridized carbons (Fsp3) is 0.588. The second-order valence-electron chi connectivity index (χ2n) is 5.60. The third kappa shape index (κ3) is 6.70. The van der Waals surface area contributed by atoms with Gasteiger partial charge in [-0.05, 0) is 36.6 Å². The Morgan fingerprint density at radius 3 is 2.45 bits per heavy atom. The molecule has 0 radical (unpaired) electrons. The molecular formula is C17H27N3O2. The first kappa shape index (κ1) is 18.1. The Bertz CT molecular complexity index is 469. The van der Waals surface area contributed by atoms with Crippen LogP contribution in [-0.4, -0.2) is 31.7 Å². The molecule has 22 heavy (non-hydrogen) atoms. The maximum Gasteiger partial charge on any atom is 0.338 e. The molecule has 0 heterocycles. The molecule has 0 fully saturated rings. The number of carbonyl (C=O) groups is 1. The molecule has 5 nitrogen and oxygen atoms in total. The molecular weight excluding hydrogens is 278 g/mol. The van der Waals surface area contributed by atoms with E-state index < -0.39 is 0 Å². The summed E-state index contributed by atoms with van der Waals surface area (Å²) in [6.45, 7) is 4.81. The molecule has 0 bridgehead atoms. The quantitative estimate of drug-likeness (QED) is 0.380. The van der Waals surface area contributed by atoms with Crippen molar-refractivity contribution in [2.24, 2.45) is 16.3 Å². The zero-order valence-electron chi connectivity index (χ0n) is 14.1. The summed E-state index contributed by atoms with van der Waals surface area (Å²) in [5.74, 6) is 0.183. The SMILES string of the molecule is CCCCC(CC)COC(=O)c1ccc(N=NN(C)C)cc1. The van der Waals surface area contributed by atoms with Gasteiger partial charge in [0.1, 0.15) is 0 Å². The molecule has 0 aliphatic carbocycles. The van der Waals surface area contributed by atoms with Crippen molar-refractivity contribution in [3.05, 3.63) is 29.8 Å². The number of carbonyl (C=O) groups excluding carboxylic acids is 1. The number of benzene rings is 1. The van der Waals surface area contributed by atoms with Gasteiger partial charge in [0.2, 0.25) is 0 Å². The molecule has 0 aliphatic rings. The predicted molar refractivity (Wildman–Crippen MR) is 88.2 cm³/mol. The van der Waals surface area contributed by atoms with Crippen LogP contribution >= 0.6 is 0 Å². The van der Waals surface area contributed by atoms with Gasteiger partial charge in [0.15, 0.2) is 0 Å². The Kier molecular flexibility index (Phi) is 8.18. The summed E-state index contributed by atoms with van der Waals surface area (Å²) in [7, 11) is 3.61. The van der Waals surface area contributed by atoms with Gasteiger partial charge in [-0.2, -0.15) is 0 Å². The number of hydrogen-bond donors (Lipinski definition) is 0. The van der Waals surface area contributed by atoms with Crippen molar-refractivity contribution < 1.29 is 9.53 Å². The van der Waals surface area contributed by atoms with E-state index in [0.717, 1.165) is 12.8 Å². The minimum Gasteiger partial charge on any atom is -0.462 e. The molecule has 0 saturated heterocycles. The van der Waals surface area contributed by atoms with E-state index in [-0.39, 0.29) is 5.97 Å². The zero-order valence-corrected chi connectivity index (χ0v) is 14.1. The van der Waals surface area contributed by atoms with Gasteiger partial charge >= 0.3 is 5.97 Å². The van der Waals surface area contributed by atoms with Crippen LogP contribution in [-0.2, 0) is 4.74 Å². The summed E-state index contributed by atoms with van der Waals surface area (Å²) >= 11 is 0. The second kappa shape index (κ2) is 9.92. The van der Waals surface area contributed by atoms with Crippen LogP contribution in [0.5, 0.6) is 0 Å². The topological polar surface area (TPSA) is 54.3 Å². The van der Waals surface area contributed by atoms with Crippen LogP contribution in [0.4, 0.5) is 5.69 Å². The van der Waals surface area contributed by atoms with Crippen LogP contribution in [0.15, 0.2) is 34.6 Å². The van der Waals surface area contributed by atoms with E-state index >= 15 is 0 Å². The summed E-state index contributed by atoms with van der Waals surface area (Å²) < 4.78 is 5.42. The highest BCUT2D eigenvalue weighted by molar-refractivity contribution is 5.89. The molecule has 1 aromatic rings. The number of esters is 1. The third-order valence-corrected chi connectivity index (χ3v) is 3.44. The standard InChI is InChI=1S/C17H27N3O2/c1-5-7-8-14(6-2)13-22-17(21)15-9-11-16(12-10-15)18-19-20(3)4/h9-12,14H,5-8,13H2,1-4H3. The van der Waals surface area contributed by atoms with Crippen LogP contribution in [0, 0.1) is 5.92 Å². The van der Waals surface area contributed by atoms with E-state index in [1.807, 2.05) is 0 Å². The number of nitrogens with zero attached hydrogens (tertiary/aromatic N) is 3. The van der Waals surface area contributed by atoms with Gasteiger partial charge in [-0.25, -0.2) is 4.79 Å². The van der Waals surface area contributed by atoms with Gasteiger partial charge in [-0.1, -0.05) is 38.3 Å². The molecule has 0 saturated carbocycles. The lowest BCUT2D eigenvalue weighted by Gasteiger charge is -2.14. The van der Waals surface area contributed by atoms with Crippen molar-refractivity contribution in [1.82, 2.24) is 5.01 Å². The molecule has 0 N–H and O–H groups in total. The molecule has 5 heteroatoms. The highest BCUT2D eigenvalue weighted by Gasteiger charge is 2.11. The monoisotopic (exact) mass is 305 g/mol. The average molecular weight is 305 g/mol. The van der Waals surface area contributed by atoms with Gasteiger partial charge in [0.25, 0.3) is 0 Å². The summed E-state index contributed by atoms with van der Waals surface area (Å²) in [6.07, 6.45) is 4.51. The smallest absolute Gasteiger partial charge is 0.338 e. The maximum absolute atomic E-state index is 12.0. The minimum atomic E-state index is -0.272. The first-order valence-corrected chi connectivity index (χ1v) is 7.93. The highest BCUT2D eigenvalue weighted by Crippen LogP contribution is 2.16. The molecule has 1 rings (SSSR count). The highest BCUT2D eigenvalue weighted by atomic mass is 16.5. The van der Waals surface area contributed by atoms with Crippen molar-refractivity contribution in [2.75, 3.05) is 20.7 Å². The van der Waals surface area contributed by atoms with E-state index in [2.05, 4.69) is 24.2 Å². The first-order chi connectivity index (χ1) is 10.6. The van der Waals surface area contributed by atoms with Gasteiger partial charge in [-0.15, -0.1) is 5.11 Å². The normalized spacial score (nSPS) is 12.4. The second-order valence-corrected chi connectivity index (χ2v) is 5.60. The van der Waals surface area contributed by atoms with Crippen LogP contribution < -0.4 is 0 Å². The molecule has 1 atom stereocenters. The van der Waals surface area contributed by atoms with Crippen molar-refractivity contribution in [3.8, 4) is 0 Å². The minimum absolute atomic E-state index is 0.272. The third-order valence-electron chi connectivity index (χ3n) is 3.44. The molecule has 0 spiro atoms. The zero-order chi connectivity index (χ0) is 16.4. The number of unbranched alkanes of at least 4 members (excludes halogenated alkanes) is 1. The molecule has 1 unspecified atom stereocenters. The fourth-order valence-corrected chi connectivity index (χ4v) is 1.98. The van der Waals surface area contributed by atoms with E-state index in [1.165, 1.54) is 12.8 Å². The van der Waals surface area contributed by atoms with Crippen LogP contribution in [0.25, 0.3) is 0 Å². The number of rotatable bonds is 9. The maximum atomic E-state index is 12.0. The Morgan fingerprint density at radius 2 is 1.91 bits per heavy atom. The van der Waals surface area contributed by atoms with E-state index in [1.54, 1.807) is 43.4 Å². The lowest BCUT2D eigenvalue weighted by molar-refractivity contribution is 0.0428. The van der Waals surface area contributed by atoms with Crippen molar-refractivity contribution in [1.29, 1.82) is 0 Å². The molecule has 122 valence electrons. The predicted octanol–water partition coefficient (Wildman–Crippen LogP) is 4.62. The summed E-state index contributed by atoms with van der Waals surface area (Å²) in [5, 5.41) is 9.55. The molecule has 0 aliphatic heterocycles. The van der Waals surface area contributed by atoms with Crippen LogP contribution in [0.1, 0.15) is 49.9 Å². The van der Waals surface area contributed by atoms with Crippen molar-refractivity contribution in [3.63, 3.8) is 0 Å². The summed E-state index contributed by atoms with van der Waals surface area (Å²) in [5.41, 5.74) is 1.26. The Hall–Kier alpha value is -1.91. The summed E-state index contributed by atoms with van der Waals surface area (Å²) in [6, 6.07) is 6.97. The fourth-order valence-electron chi connectivity index (χ4n) is 1.98. The van der Waals surface area contributed by atoms with E-state index in [4.69, 9.17) is 4.74 Å². The lowest BCUT2D eigenvalue weighted by atomic mass is 10.0. The van der Waals surface area contributed by atoms with E-state index in [9.17, 15) is 4.79 Å². The molecule has 1 aromatic carbocycles. The first-order valence-electron chi connectivity index (χ1n) is 7.93.